The van der Waals surface area contributed by atoms with E-state index in [1.54, 1.807) is 12.1 Å². The van der Waals surface area contributed by atoms with Gasteiger partial charge in [0.2, 0.25) is 5.91 Å². The Morgan fingerprint density at radius 3 is 2.41 bits per heavy atom. The van der Waals surface area contributed by atoms with E-state index in [0.717, 1.165) is 5.56 Å². The molecule has 0 aliphatic rings. The number of hydrogen-bond donors (Lipinski definition) is 2. The number of H-pyrrole nitrogens is 1. The van der Waals surface area contributed by atoms with Crippen LogP contribution in [0.4, 0.5) is 5.69 Å². The van der Waals surface area contributed by atoms with Crippen molar-refractivity contribution in [2.75, 3.05) is 5.32 Å². The van der Waals surface area contributed by atoms with Gasteiger partial charge < -0.3 is 10.3 Å². The smallest absolute Gasteiger partial charge is 0.271 e. The summed E-state index contributed by atoms with van der Waals surface area (Å²) in [5, 5.41) is 2.63. The Bertz CT molecular complexity index is 694. The van der Waals surface area contributed by atoms with E-state index in [2.05, 4.69) is 55.3 Å². The SMILES string of the molecule is CC(C)(C)c1ccc(CCC(=O)Nc2ccc[nH]c2=O)cc1. The van der Waals surface area contributed by atoms with Crippen LogP contribution in [0.3, 0.4) is 0 Å². The number of benzene rings is 1. The van der Waals surface area contributed by atoms with E-state index >= 15 is 0 Å². The maximum absolute atomic E-state index is 11.9. The quantitative estimate of drug-likeness (QED) is 0.910. The maximum Gasteiger partial charge on any atom is 0.271 e. The number of carbonyl (C=O) groups is 1. The summed E-state index contributed by atoms with van der Waals surface area (Å²) >= 11 is 0. The van der Waals surface area contributed by atoms with Crippen molar-refractivity contribution < 1.29 is 4.79 Å². The molecule has 22 heavy (non-hydrogen) atoms. The topological polar surface area (TPSA) is 62.0 Å². The molecule has 1 aromatic carbocycles. The molecule has 1 heterocycles. The number of carbonyl (C=O) groups excluding carboxylic acids is 1. The fourth-order valence-corrected chi connectivity index (χ4v) is 2.16. The van der Waals surface area contributed by atoms with Crippen LogP contribution in [0, 0.1) is 0 Å². The summed E-state index contributed by atoms with van der Waals surface area (Å²) in [6.45, 7) is 6.52. The second-order valence-corrected chi connectivity index (χ2v) is 6.41. The fraction of sp³-hybridized carbons (Fsp3) is 0.333. The summed E-state index contributed by atoms with van der Waals surface area (Å²) in [4.78, 5) is 25.9. The highest BCUT2D eigenvalue weighted by Crippen LogP contribution is 2.22. The van der Waals surface area contributed by atoms with Crippen molar-refractivity contribution in [2.45, 2.75) is 39.0 Å². The standard InChI is InChI=1S/C18H22N2O2/c1-18(2,3)14-9-6-13(7-10-14)8-11-16(21)20-15-5-4-12-19-17(15)22/h4-7,9-10,12H,8,11H2,1-3H3,(H,19,22)(H,20,21). The van der Waals surface area contributed by atoms with Gasteiger partial charge in [0.15, 0.2) is 0 Å². The van der Waals surface area contributed by atoms with Crippen LogP contribution >= 0.6 is 0 Å². The zero-order valence-electron chi connectivity index (χ0n) is 13.3. The number of rotatable bonds is 4. The first kappa shape index (κ1) is 16.0. The first-order chi connectivity index (χ1) is 10.4. The first-order valence-corrected chi connectivity index (χ1v) is 7.43. The van der Waals surface area contributed by atoms with Crippen LogP contribution in [0.25, 0.3) is 0 Å². The molecular weight excluding hydrogens is 276 g/mol. The Balaban J connectivity index is 1.91. The van der Waals surface area contributed by atoms with Gasteiger partial charge in [0.1, 0.15) is 5.69 Å². The molecule has 0 radical (unpaired) electrons. The van der Waals surface area contributed by atoms with E-state index in [1.807, 2.05) is 0 Å². The fourth-order valence-electron chi connectivity index (χ4n) is 2.16. The van der Waals surface area contributed by atoms with Crippen LogP contribution in [0.1, 0.15) is 38.3 Å². The Labute approximate surface area is 130 Å². The predicted octanol–water partition coefficient (Wildman–Crippen LogP) is 3.24. The lowest BCUT2D eigenvalue weighted by Crippen LogP contribution is -2.19. The van der Waals surface area contributed by atoms with Gasteiger partial charge in [-0.2, -0.15) is 0 Å². The summed E-state index contributed by atoms with van der Waals surface area (Å²) in [7, 11) is 0. The molecule has 1 amide bonds. The van der Waals surface area contributed by atoms with Crippen LogP contribution in [-0.2, 0) is 16.6 Å². The average molecular weight is 298 g/mol. The lowest BCUT2D eigenvalue weighted by Gasteiger charge is -2.19. The van der Waals surface area contributed by atoms with Crippen molar-refractivity contribution in [3.63, 3.8) is 0 Å². The van der Waals surface area contributed by atoms with E-state index < -0.39 is 0 Å². The number of aryl methyl sites for hydroxylation is 1. The molecule has 0 bridgehead atoms. The van der Waals surface area contributed by atoms with Gasteiger partial charge in [0.25, 0.3) is 5.56 Å². The zero-order valence-corrected chi connectivity index (χ0v) is 13.3. The van der Waals surface area contributed by atoms with Crippen molar-refractivity contribution in [2.24, 2.45) is 0 Å². The third kappa shape index (κ3) is 4.32. The molecule has 2 N–H and O–H groups in total. The third-order valence-electron chi connectivity index (χ3n) is 3.55. The Kier molecular flexibility index (Phi) is 4.81. The normalized spacial score (nSPS) is 11.2. The van der Waals surface area contributed by atoms with E-state index in [1.165, 1.54) is 11.8 Å². The highest BCUT2D eigenvalue weighted by molar-refractivity contribution is 5.90. The van der Waals surface area contributed by atoms with Gasteiger partial charge in [-0.25, -0.2) is 0 Å². The molecule has 0 saturated heterocycles. The van der Waals surface area contributed by atoms with Gasteiger partial charge in [0.05, 0.1) is 0 Å². The molecule has 0 atom stereocenters. The van der Waals surface area contributed by atoms with Crippen LogP contribution < -0.4 is 10.9 Å². The first-order valence-electron chi connectivity index (χ1n) is 7.43. The second kappa shape index (κ2) is 6.60. The van der Waals surface area contributed by atoms with Gasteiger partial charge in [-0.15, -0.1) is 0 Å². The number of aromatic nitrogens is 1. The predicted molar refractivity (Wildman–Crippen MR) is 89.2 cm³/mol. The zero-order chi connectivity index (χ0) is 16.2. The van der Waals surface area contributed by atoms with Crippen molar-refractivity contribution in [3.8, 4) is 0 Å². The monoisotopic (exact) mass is 298 g/mol. The summed E-state index contributed by atoms with van der Waals surface area (Å²) in [6.07, 6.45) is 2.54. The number of hydrogen-bond acceptors (Lipinski definition) is 2. The largest absolute Gasteiger partial charge is 0.327 e. The molecule has 4 nitrogen and oxygen atoms in total. The molecule has 0 unspecified atom stereocenters. The number of nitrogens with one attached hydrogen (secondary N) is 2. The van der Waals surface area contributed by atoms with E-state index in [0.29, 0.717) is 12.8 Å². The molecule has 4 heteroatoms. The number of amides is 1. The lowest BCUT2D eigenvalue weighted by atomic mass is 9.86. The van der Waals surface area contributed by atoms with Crippen LogP contribution in [0.15, 0.2) is 47.4 Å². The average Bonchev–Trinajstić information content (AvgIpc) is 2.47. The van der Waals surface area contributed by atoms with Gasteiger partial charge in [-0.3, -0.25) is 9.59 Å². The van der Waals surface area contributed by atoms with Crippen LogP contribution in [0.5, 0.6) is 0 Å². The molecule has 0 aliphatic heterocycles. The van der Waals surface area contributed by atoms with Gasteiger partial charge in [-0.05, 0) is 35.1 Å². The molecule has 0 fully saturated rings. The number of aromatic amines is 1. The van der Waals surface area contributed by atoms with E-state index in [4.69, 9.17) is 0 Å². The third-order valence-corrected chi connectivity index (χ3v) is 3.55. The minimum absolute atomic E-state index is 0.129. The van der Waals surface area contributed by atoms with Crippen LogP contribution in [-0.4, -0.2) is 10.9 Å². The molecule has 0 saturated carbocycles. The van der Waals surface area contributed by atoms with Gasteiger partial charge >= 0.3 is 0 Å². The summed E-state index contributed by atoms with van der Waals surface area (Å²) in [5.41, 5.74) is 2.52. The van der Waals surface area contributed by atoms with Gasteiger partial charge in [0, 0.05) is 12.6 Å². The highest BCUT2D eigenvalue weighted by atomic mass is 16.2. The minimum atomic E-state index is -0.287. The second-order valence-electron chi connectivity index (χ2n) is 6.41. The van der Waals surface area contributed by atoms with E-state index in [9.17, 15) is 9.59 Å². The summed E-state index contributed by atoms with van der Waals surface area (Å²) in [5.74, 6) is -0.156. The van der Waals surface area contributed by atoms with Crippen molar-refractivity contribution in [1.82, 2.24) is 4.98 Å². The molecule has 2 rings (SSSR count). The highest BCUT2D eigenvalue weighted by Gasteiger charge is 2.13. The van der Waals surface area contributed by atoms with E-state index in [-0.39, 0.29) is 22.6 Å². The molecular formula is C18H22N2O2. The Morgan fingerprint density at radius 1 is 1.14 bits per heavy atom. The minimum Gasteiger partial charge on any atom is -0.327 e. The van der Waals surface area contributed by atoms with Crippen LogP contribution in [0.2, 0.25) is 0 Å². The Hall–Kier alpha value is -2.36. The van der Waals surface area contributed by atoms with Crippen molar-refractivity contribution in [1.29, 1.82) is 0 Å². The molecule has 2 aromatic rings. The number of anilines is 1. The number of pyridine rings is 1. The van der Waals surface area contributed by atoms with Crippen molar-refractivity contribution in [3.05, 3.63) is 64.1 Å². The van der Waals surface area contributed by atoms with Crippen molar-refractivity contribution >= 4 is 11.6 Å². The molecule has 1 aromatic heterocycles. The molecule has 116 valence electrons. The maximum atomic E-state index is 11.9. The lowest BCUT2D eigenvalue weighted by molar-refractivity contribution is -0.116. The Morgan fingerprint density at radius 2 is 1.82 bits per heavy atom. The summed E-state index contributed by atoms with van der Waals surface area (Å²) < 4.78 is 0. The molecule has 0 aliphatic carbocycles. The van der Waals surface area contributed by atoms with Gasteiger partial charge in [-0.1, -0.05) is 45.0 Å². The molecule has 0 spiro atoms. The summed E-state index contributed by atoms with van der Waals surface area (Å²) in [6, 6.07) is 11.6.